The molecule has 0 aromatic carbocycles. The number of nitrogens with two attached hydrogens (primary N) is 1. The highest BCUT2D eigenvalue weighted by atomic mass is 16.5. The lowest BCUT2D eigenvalue weighted by Gasteiger charge is -2.13. The van der Waals surface area contributed by atoms with Gasteiger partial charge in [-0.3, -0.25) is 4.99 Å². The lowest BCUT2D eigenvalue weighted by atomic mass is 10.2. The SMILES string of the molecule is COC(C)CN=C(N)NC1CCCC1. The topological polar surface area (TPSA) is 59.6 Å². The van der Waals surface area contributed by atoms with Crippen molar-refractivity contribution in [2.24, 2.45) is 10.7 Å². The Hall–Kier alpha value is -0.770. The summed E-state index contributed by atoms with van der Waals surface area (Å²) in [7, 11) is 1.68. The monoisotopic (exact) mass is 199 g/mol. The fourth-order valence-electron chi connectivity index (χ4n) is 1.63. The summed E-state index contributed by atoms with van der Waals surface area (Å²) in [5.74, 6) is 0.556. The average molecular weight is 199 g/mol. The van der Waals surface area contributed by atoms with Crippen LogP contribution in [0, 0.1) is 0 Å². The number of nitrogens with zero attached hydrogens (tertiary/aromatic N) is 1. The first-order valence-corrected chi connectivity index (χ1v) is 5.31. The number of ether oxygens (including phenoxy) is 1. The third kappa shape index (κ3) is 3.96. The van der Waals surface area contributed by atoms with E-state index in [0.717, 1.165) is 0 Å². The van der Waals surface area contributed by atoms with Gasteiger partial charge in [0, 0.05) is 13.2 Å². The second-order valence-corrected chi connectivity index (χ2v) is 3.90. The highest BCUT2D eigenvalue weighted by molar-refractivity contribution is 5.78. The highest BCUT2D eigenvalue weighted by Gasteiger charge is 2.14. The zero-order chi connectivity index (χ0) is 10.4. The van der Waals surface area contributed by atoms with Crippen molar-refractivity contribution < 1.29 is 4.74 Å². The third-order valence-corrected chi connectivity index (χ3v) is 2.63. The van der Waals surface area contributed by atoms with Crippen LogP contribution in [0.1, 0.15) is 32.6 Å². The number of rotatable bonds is 4. The molecule has 0 amide bonds. The molecule has 0 heterocycles. The fourth-order valence-corrected chi connectivity index (χ4v) is 1.63. The zero-order valence-corrected chi connectivity index (χ0v) is 9.12. The van der Waals surface area contributed by atoms with Crippen molar-refractivity contribution >= 4 is 5.96 Å². The molecule has 0 aromatic rings. The zero-order valence-electron chi connectivity index (χ0n) is 9.12. The summed E-state index contributed by atoms with van der Waals surface area (Å²) in [6, 6.07) is 0.539. The molecule has 0 bridgehead atoms. The Morgan fingerprint density at radius 1 is 1.57 bits per heavy atom. The second-order valence-electron chi connectivity index (χ2n) is 3.90. The summed E-state index contributed by atoms with van der Waals surface area (Å²) in [4.78, 5) is 4.22. The van der Waals surface area contributed by atoms with Gasteiger partial charge in [0.1, 0.15) is 0 Å². The van der Waals surface area contributed by atoms with Crippen molar-refractivity contribution in [2.75, 3.05) is 13.7 Å². The lowest BCUT2D eigenvalue weighted by Crippen LogP contribution is -2.39. The van der Waals surface area contributed by atoms with Gasteiger partial charge in [0.2, 0.25) is 0 Å². The maximum Gasteiger partial charge on any atom is 0.188 e. The van der Waals surface area contributed by atoms with Gasteiger partial charge in [-0.05, 0) is 19.8 Å². The highest BCUT2D eigenvalue weighted by Crippen LogP contribution is 2.17. The van der Waals surface area contributed by atoms with Gasteiger partial charge in [0.05, 0.1) is 12.6 Å². The van der Waals surface area contributed by atoms with Crippen LogP contribution >= 0.6 is 0 Å². The Kier molecular flexibility index (Phi) is 4.73. The molecular formula is C10H21N3O. The molecule has 14 heavy (non-hydrogen) atoms. The molecule has 1 rings (SSSR count). The standard InChI is InChI=1S/C10H21N3O/c1-8(14-2)7-12-10(11)13-9-5-3-4-6-9/h8-9H,3-7H2,1-2H3,(H3,11,12,13). The van der Waals surface area contributed by atoms with Crippen molar-refractivity contribution in [1.29, 1.82) is 0 Å². The summed E-state index contributed by atoms with van der Waals surface area (Å²) in [5, 5.41) is 3.23. The van der Waals surface area contributed by atoms with E-state index in [1.54, 1.807) is 7.11 Å². The van der Waals surface area contributed by atoms with Crippen LogP contribution in [0.4, 0.5) is 0 Å². The summed E-state index contributed by atoms with van der Waals surface area (Å²) >= 11 is 0. The number of methoxy groups -OCH3 is 1. The van der Waals surface area contributed by atoms with Crippen LogP contribution in [0.5, 0.6) is 0 Å². The molecule has 82 valence electrons. The smallest absolute Gasteiger partial charge is 0.188 e. The summed E-state index contributed by atoms with van der Waals surface area (Å²) in [6.07, 6.45) is 5.18. The normalized spacial score (nSPS) is 21.1. The number of hydrogen-bond acceptors (Lipinski definition) is 2. The van der Waals surface area contributed by atoms with E-state index in [9.17, 15) is 0 Å². The van der Waals surface area contributed by atoms with Gasteiger partial charge in [-0.25, -0.2) is 0 Å². The minimum Gasteiger partial charge on any atom is -0.380 e. The Morgan fingerprint density at radius 3 is 2.79 bits per heavy atom. The molecule has 0 spiro atoms. The van der Waals surface area contributed by atoms with Gasteiger partial charge in [-0.1, -0.05) is 12.8 Å². The summed E-state index contributed by atoms with van der Waals surface area (Å²) in [5.41, 5.74) is 5.74. The van der Waals surface area contributed by atoms with E-state index < -0.39 is 0 Å². The van der Waals surface area contributed by atoms with E-state index in [1.165, 1.54) is 25.7 Å². The molecule has 0 saturated heterocycles. The molecule has 1 unspecified atom stereocenters. The lowest BCUT2D eigenvalue weighted by molar-refractivity contribution is 0.125. The molecular weight excluding hydrogens is 178 g/mol. The van der Waals surface area contributed by atoms with Crippen LogP contribution in [0.25, 0.3) is 0 Å². The van der Waals surface area contributed by atoms with E-state index in [2.05, 4.69) is 10.3 Å². The van der Waals surface area contributed by atoms with Gasteiger partial charge in [-0.2, -0.15) is 0 Å². The first-order chi connectivity index (χ1) is 6.72. The minimum absolute atomic E-state index is 0.138. The van der Waals surface area contributed by atoms with Crippen LogP contribution in [0.15, 0.2) is 4.99 Å². The summed E-state index contributed by atoms with van der Waals surface area (Å²) < 4.78 is 5.08. The van der Waals surface area contributed by atoms with E-state index in [1.807, 2.05) is 6.92 Å². The molecule has 1 saturated carbocycles. The number of hydrogen-bond donors (Lipinski definition) is 2. The average Bonchev–Trinajstić information content (AvgIpc) is 2.66. The number of aliphatic imine (C=N–C) groups is 1. The van der Waals surface area contributed by atoms with Gasteiger partial charge in [0.15, 0.2) is 5.96 Å². The fraction of sp³-hybridized carbons (Fsp3) is 0.900. The van der Waals surface area contributed by atoms with Crippen LogP contribution in [-0.4, -0.2) is 31.8 Å². The van der Waals surface area contributed by atoms with Crippen LogP contribution < -0.4 is 11.1 Å². The van der Waals surface area contributed by atoms with E-state index in [0.29, 0.717) is 18.5 Å². The minimum atomic E-state index is 0.138. The molecule has 0 aliphatic heterocycles. The van der Waals surface area contributed by atoms with Gasteiger partial charge < -0.3 is 15.8 Å². The van der Waals surface area contributed by atoms with Crippen molar-refractivity contribution in [3.63, 3.8) is 0 Å². The maximum absolute atomic E-state index is 5.74. The molecule has 4 heteroatoms. The van der Waals surface area contributed by atoms with Gasteiger partial charge >= 0.3 is 0 Å². The summed E-state index contributed by atoms with van der Waals surface area (Å²) in [6.45, 7) is 2.61. The number of nitrogens with one attached hydrogen (secondary N) is 1. The first-order valence-electron chi connectivity index (χ1n) is 5.31. The molecule has 0 aromatic heterocycles. The van der Waals surface area contributed by atoms with E-state index in [4.69, 9.17) is 10.5 Å². The van der Waals surface area contributed by atoms with E-state index in [-0.39, 0.29) is 6.10 Å². The predicted molar refractivity (Wildman–Crippen MR) is 58.4 cm³/mol. The van der Waals surface area contributed by atoms with Crippen molar-refractivity contribution in [3.05, 3.63) is 0 Å². The molecule has 4 nitrogen and oxygen atoms in total. The predicted octanol–water partition coefficient (Wildman–Crippen LogP) is 0.868. The Bertz CT molecular complexity index is 188. The largest absolute Gasteiger partial charge is 0.380 e. The Morgan fingerprint density at radius 2 is 2.21 bits per heavy atom. The molecule has 1 atom stereocenters. The number of guanidine groups is 1. The molecule has 0 radical (unpaired) electrons. The molecule has 1 fully saturated rings. The first kappa shape index (κ1) is 11.3. The molecule has 1 aliphatic carbocycles. The Labute approximate surface area is 85.9 Å². The van der Waals surface area contributed by atoms with Crippen LogP contribution in [0.3, 0.4) is 0 Å². The van der Waals surface area contributed by atoms with Crippen molar-refractivity contribution in [1.82, 2.24) is 5.32 Å². The van der Waals surface area contributed by atoms with Crippen molar-refractivity contribution in [3.8, 4) is 0 Å². The quantitative estimate of drug-likeness (QED) is 0.521. The third-order valence-electron chi connectivity index (χ3n) is 2.63. The van der Waals surface area contributed by atoms with Crippen LogP contribution in [-0.2, 0) is 4.74 Å². The molecule has 1 aliphatic rings. The maximum atomic E-state index is 5.74. The molecule has 3 N–H and O–H groups in total. The van der Waals surface area contributed by atoms with Gasteiger partial charge in [0.25, 0.3) is 0 Å². The van der Waals surface area contributed by atoms with Crippen LogP contribution in [0.2, 0.25) is 0 Å². The van der Waals surface area contributed by atoms with Crippen molar-refractivity contribution in [2.45, 2.75) is 44.8 Å². The second kappa shape index (κ2) is 5.86. The Balaban J connectivity index is 2.21. The van der Waals surface area contributed by atoms with E-state index >= 15 is 0 Å². The van der Waals surface area contributed by atoms with Gasteiger partial charge in [-0.15, -0.1) is 0 Å².